The van der Waals surface area contributed by atoms with E-state index in [0.717, 1.165) is 32.5 Å². The number of ether oxygens (including phenoxy) is 2. The van der Waals surface area contributed by atoms with E-state index in [4.69, 9.17) is 14.6 Å². The molecule has 4 heteroatoms. The van der Waals surface area contributed by atoms with Crippen molar-refractivity contribution in [3.05, 3.63) is 0 Å². The van der Waals surface area contributed by atoms with Gasteiger partial charge in [-0.25, -0.2) is 0 Å². The van der Waals surface area contributed by atoms with Crippen LogP contribution in [0.3, 0.4) is 0 Å². The predicted octanol–water partition coefficient (Wildman–Crippen LogP) is -0.772. The van der Waals surface area contributed by atoms with Crippen molar-refractivity contribution in [3.8, 4) is 0 Å². The minimum atomic E-state index is -0.224. The van der Waals surface area contributed by atoms with Gasteiger partial charge in [-0.3, -0.25) is 0 Å². The number of hydrogen-bond acceptors (Lipinski definition) is 3. The van der Waals surface area contributed by atoms with E-state index in [2.05, 4.69) is 5.32 Å². The van der Waals surface area contributed by atoms with Crippen molar-refractivity contribution in [2.45, 2.75) is 37.6 Å². The van der Waals surface area contributed by atoms with Gasteiger partial charge in [-0.2, -0.15) is 0 Å². The fourth-order valence-corrected chi connectivity index (χ4v) is 2.30. The Balaban J connectivity index is 1.71. The minimum absolute atomic E-state index is 0.222. The topological polar surface area (TPSA) is 55.3 Å². The number of aliphatic hydroxyl groups is 1. The van der Waals surface area contributed by atoms with E-state index in [0.29, 0.717) is 0 Å². The molecule has 3 N–H and O–H groups in total. The summed E-state index contributed by atoms with van der Waals surface area (Å²) >= 11 is 0. The van der Waals surface area contributed by atoms with Crippen molar-refractivity contribution in [1.82, 2.24) is 0 Å². The molecule has 1 atom stereocenters. The van der Waals surface area contributed by atoms with E-state index in [1.54, 1.807) is 0 Å². The van der Waals surface area contributed by atoms with Gasteiger partial charge in [-0.15, -0.1) is 0 Å². The molecule has 82 valence electrons. The third-order valence-corrected chi connectivity index (χ3v) is 3.04. The van der Waals surface area contributed by atoms with Crippen LogP contribution in [0.15, 0.2) is 0 Å². The zero-order valence-corrected chi connectivity index (χ0v) is 8.58. The summed E-state index contributed by atoms with van der Waals surface area (Å²) in [4.78, 5) is 0. The first-order valence-corrected chi connectivity index (χ1v) is 5.59. The van der Waals surface area contributed by atoms with Crippen molar-refractivity contribution >= 4 is 0 Å². The Morgan fingerprint density at radius 1 is 1.36 bits per heavy atom. The summed E-state index contributed by atoms with van der Waals surface area (Å²) in [5.74, 6) is -0.224. The van der Waals surface area contributed by atoms with E-state index in [9.17, 15) is 0 Å². The Bertz CT molecular complexity index is 180. The molecule has 0 amide bonds. The second kappa shape index (κ2) is 4.57. The van der Waals surface area contributed by atoms with Crippen LogP contribution in [0.2, 0.25) is 0 Å². The Morgan fingerprint density at radius 2 is 2.14 bits per heavy atom. The number of nitrogens with two attached hydrogens (primary N) is 1. The minimum Gasteiger partial charge on any atom is -0.391 e. The van der Waals surface area contributed by atoms with E-state index in [1.165, 1.54) is 12.8 Å². The summed E-state index contributed by atoms with van der Waals surface area (Å²) in [5, 5.41) is 10.7. The van der Waals surface area contributed by atoms with Gasteiger partial charge in [0, 0.05) is 12.8 Å². The van der Waals surface area contributed by atoms with Gasteiger partial charge in [-0.05, 0) is 12.8 Å². The molecule has 2 aliphatic rings. The van der Waals surface area contributed by atoms with Gasteiger partial charge in [0.25, 0.3) is 0 Å². The fraction of sp³-hybridized carbons (Fsp3) is 1.00. The average molecular weight is 202 g/mol. The molecular formula is C10H20NO3+. The number of quaternary nitrogens is 1. The first kappa shape index (κ1) is 10.4. The molecule has 0 bridgehead atoms. The molecule has 1 saturated heterocycles. The first-order valence-electron chi connectivity index (χ1n) is 5.59. The highest BCUT2D eigenvalue weighted by Gasteiger charge is 2.43. The van der Waals surface area contributed by atoms with Gasteiger partial charge in [0.1, 0.15) is 12.6 Å². The van der Waals surface area contributed by atoms with Crippen molar-refractivity contribution in [1.29, 1.82) is 0 Å². The second-order valence-corrected chi connectivity index (χ2v) is 4.21. The van der Waals surface area contributed by atoms with Gasteiger partial charge in [0.05, 0.1) is 19.8 Å². The molecule has 0 aromatic carbocycles. The number of rotatable bonds is 4. The maximum Gasteiger partial charge on any atom is 0.169 e. The molecule has 14 heavy (non-hydrogen) atoms. The summed E-state index contributed by atoms with van der Waals surface area (Å²) in [7, 11) is 0. The highest BCUT2D eigenvalue weighted by molar-refractivity contribution is 4.83. The quantitative estimate of drug-likeness (QED) is 0.588. The molecular weight excluding hydrogens is 182 g/mol. The van der Waals surface area contributed by atoms with Crippen molar-refractivity contribution < 1.29 is 19.9 Å². The van der Waals surface area contributed by atoms with Crippen LogP contribution in [0.1, 0.15) is 25.7 Å². The highest BCUT2D eigenvalue weighted by Crippen LogP contribution is 2.38. The normalized spacial score (nSPS) is 30.2. The summed E-state index contributed by atoms with van der Waals surface area (Å²) in [6.07, 6.45) is 4.80. The van der Waals surface area contributed by atoms with Crippen LogP contribution < -0.4 is 5.32 Å². The summed E-state index contributed by atoms with van der Waals surface area (Å²) in [6, 6.07) is 0. The maximum absolute atomic E-state index is 8.64. The van der Waals surface area contributed by atoms with E-state index >= 15 is 0 Å². The molecule has 4 nitrogen and oxygen atoms in total. The molecule has 0 aromatic heterocycles. The second-order valence-electron chi connectivity index (χ2n) is 4.21. The average Bonchev–Trinajstić information content (AvgIpc) is 2.79. The Labute approximate surface area is 84.6 Å². The molecule has 2 fully saturated rings. The van der Waals surface area contributed by atoms with Crippen LogP contribution >= 0.6 is 0 Å². The summed E-state index contributed by atoms with van der Waals surface area (Å²) < 4.78 is 11.7. The number of aliphatic hydroxyl groups excluding tert-OH is 1. The largest absolute Gasteiger partial charge is 0.391 e. The monoisotopic (exact) mass is 202 g/mol. The van der Waals surface area contributed by atoms with Crippen LogP contribution in [0.5, 0.6) is 0 Å². The molecule has 1 saturated carbocycles. The predicted molar refractivity (Wildman–Crippen MR) is 50.8 cm³/mol. The fourth-order valence-electron chi connectivity index (χ4n) is 2.30. The molecule has 2 rings (SSSR count). The third-order valence-electron chi connectivity index (χ3n) is 3.04. The summed E-state index contributed by atoms with van der Waals surface area (Å²) in [6.45, 7) is 2.62. The molecule has 1 heterocycles. The van der Waals surface area contributed by atoms with Crippen molar-refractivity contribution in [2.75, 3.05) is 26.3 Å². The van der Waals surface area contributed by atoms with Gasteiger partial charge < -0.3 is 19.9 Å². The van der Waals surface area contributed by atoms with Crippen LogP contribution in [-0.4, -0.2) is 43.3 Å². The molecule has 0 unspecified atom stereocenters. The zero-order chi connectivity index (χ0) is 9.86. The standard InChI is InChI=1S/C10H19NO3/c12-6-5-11-7-9-8-13-10(14-9)3-1-2-4-10/h9,11-12H,1-8H2/p+1/t9-/m0/s1. The lowest BCUT2D eigenvalue weighted by atomic mass is 10.2. The Hall–Kier alpha value is -0.160. The van der Waals surface area contributed by atoms with E-state index in [1.807, 2.05) is 0 Å². The van der Waals surface area contributed by atoms with Gasteiger partial charge in [0.15, 0.2) is 5.79 Å². The van der Waals surface area contributed by atoms with Crippen molar-refractivity contribution in [3.63, 3.8) is 0 Å². The van der Waals surface area contributed by atoms with E-state index < -0.39 is 0 Å². The number of hydrogen-bond donors (Lipinski definition) is 2. The summed E-state index contributed by atoms with van der Waals surface area (Å²) in [5.41, 5.74) is 0. The molecule has 1 aliphatic carbocycles. The zero-order valence-electron chi connectivity index (χ0n) is 8.58. The molecule has 1 aliphatic heterocycles. The Kier molecular flexibility index (Phi) is 3.38. The third kappa shape index (κ3) is 2.25. The molecule has 1 spiro atoms. The smallest absolute Gasteiger partial charge is 0.169 e. The van der Waals surface area contributed by atoms with Gasteiger partial charge in [-0.1, -0.05) is 0 Å². The lowest BCUT2D eigenvalue weighted by molar-refractivity contribution is -0.662. The van der Waals surface area contributed by atoms with Gasteiger partial charge >= 0.3 is 0 Å². The molecule has 0 radical (unpaired) electrons. The van der Waals surface area contributed by atoms with Crippen molar-refractivity contribution in [2.24, 2.45) is 0 Å². The molecule has 0 aromatic rings. The van der Waals surface area contributed by atoms with Crippen LogP contribution in [0, 0.1) is 0 Å². The van der Waals surface area contributed by atoms with E-state index in [-0.39, 0.29) is 18.5 Å². The lowest BCUT2D eigenvalue weighted by Crippen LogP contribution is -2.87. The van der Waals surface area contributed by atoms with Crippen LogP contribution in [-0.2, 0) is 9.47 Å². The SMILES string of the molecule is OCC[NH2+]C[C@H]1COC2(CCCC2)O1. The van der Waals surface area contributed by atoms with Crippen LogP contribution in [0.4, 0.5) is 0 Å². The first-order chi connectivity index (χ1) is 6.85. The van der Waals surface area contributed by atoms with Crippen LogP contribution in [0.25, 0.3) is 0 Å². The Morgan fingerprint density at radius 3 is 2.86 bits per heavy atom. The van der Waals surface area contributed by atoms with Gasteiger partial charge in [0.2, 0.25) is 0 Å². The maximum atomic E-state index is 8.64. The highest BCUT2D eigenvalue weighted by atomic mass is 16.7. The lowest BCUT2D eigenvalue weighted by Gasteiger charge is -2.21.